The second-order valence-corrected chi connectivity index (χ2v) is 5.28. The third-order valence-corrected chi connectivity index (χ3v) is 3.27. The molecule has 0 aromatic heterocycles. The first-order valence-corrected chi connectivity index (χ1v) is 7.18. The Hall–Kier alpha value is -1.55. The molecule has 2 N–H and O–H groups in total. The average Bonchev–Trinajstić information content (AvgIpc) is 2.39. The smallest absolute Gasteiger partial charge is 0.243 e. The Bertz CT molecular complexity index is 420. The molecule has 0 aliphatic heterocycles. The molecule has 0 aliphatic carbocycles. The summed E-state index contributed by atoms with van der Waals surface area (Å²) >= 11 is 0. The molecule has 1 aromatic rings. The Kier molecular flexibility index (Phi) is 7.09. The van der Waals surface area contributed by atoms with E-state index in [0.29, 0.717) is 13.0 Å². The van der Waals surface area contributed by atoms with Crippen molar-refractivity contribution in [1.82, 2.24) is 5.48 Å². The third kappa shape index (κ3) is 5.61. The summed E-state index contributed by atoms with van der Waals surface area (Å²) in [6.07, 6.45) is 4.17. The lowest BCUT2D eigenvalue weighted by Gasteiger charge is -2.13. The van der Waals surface area contributed by atoms with Crippen molar-refractivity contribution in [3.63, 3.8) is 0 Å². The zero-order valence-electron chi connectivity index (χ0n) is 12.7. The zero-order valence-corrected chi connectivity index (χ0v) is 12.7. The second kappa shape index (κ2) is 8.59. The van der Waals surface area contributed by atoms with Gasteiger partial charge in [0.05, 0.1) is 6.61 Å². The first-order valence-electron chi connectivity index (χ1n) is 7.18. The molecule has 0 bridgehead atoms. The van der Waals surface area contributed by atoms with E-state index < -0.39 is 0 Å². The van der Waals surface area contributed by atoms with Crippen LogP contribution in [0.15, 0.2) is 12.1 Å². The minimum Gasteiger partial charge on any atom is -0.493 e. The maximum Gasteiger partial charge on any atom is 0.243 e. The Morgan fingerprint density at radius 3 is 2.30 bits per heavy atom. The van der Waals surface area contributed by atoms with Crippen LogP contribution in [0.5, 0.6) is 5.75 Å². The van der Waals surface area contributed by atoms with Crippen LogP contribution in [-0.2, 0) is 4.79 Å². The maximum absolute atomic E-state index is 10.8. The third-order valence-electron chi connectivity index (χ3n) is 3.27. The van der Waals surface area contributed by atoms with E-state index in [4.69, 9.17) is 9.94 Å². The Balaban J connectivity index is 2.20. The Morgan fingerprint density at radius 1 is 1.10 bits per heavy atom. The van der Waals surface area contributed by atoms with Crippen LogP contribution in [0, 0.1) is 20.8 Å². The molecule has 1 aromatic carbocycles. The standard InChI is InChI=1S/C16H25NO3/c1-12-10-13(2)16(14(3)11-12)20-9-7-5-4-6-8-15(18)17-19/h10-11,19H,4-9H2,1-3H3,(H,17,18). The van der Waals surface area contributed by atoms with Gasteiger partial charge in [0.15, 0.2) is 0 Å². The van der Waals surface area contributed by atoms with Gasteiger partial charge in [-0.05, 0) is 44.7 Å². The fourth-order valence-electron chi connectivity index (χ4n) is 2.37. The van der Waals surface area contributed by atoms with Crippen molar-refractivity contribution >= 4 is 5.91 Å². The van der Waals surface area contributed by atoms with Crippen molar-refractivity contribution in [2.45, 2.75) is 52.9 Å². The van der Waals surface area contributed by atoms with E-state index in [1.54, 1.807) is 5.48 Å². The van der Waals surface area contributed by atoms with Crippen molar-refractivity contribution in [3.8, 4) is 5.75 Å². The molecule has 0 radical (unpaired) electrons. The topological polar surface area (TPSA) is 58.6 Å². The number of aryl methyl sites for hydroxylation is 3. The number of amides is 1. The number of carbonyl (C=O) groups excluding carboxylic acids is 1. The molecule has 0 fully saturated rings. The zero-order chi connectivity index (χ0) is 15.0. The lowest BCUT2D eigenvalue weighted by molar-refractivity contribution is -0.129. The van der Waals surface area contributed by atoms with Crippen LogP contribution in [0.3, 0.4) is 0 Å². The van der Waals surface area contributed by atoms with E-state index >= 15 is 0 Å². The van der Waals surface area contributed by atoms with Gasteiger partial charge in [0.2, 0.25) is 5.91 Å². The first-order chi connectivity index (χ1) is 9.54. The van der Waals surface area contributed by atoms with Gasteiger partial charge in [0.25, 0.3) is 0 Å². The first kappa shape index (κ1) is 16.5. The number of ether oxygens (including phenoxy) is 1. The SMILES string of the molecule is Cc1cc(C)c(OCCCCCCC(=O)NO)c(C)c1. The lowest BCUT2D eigenvalue weighted by Crippen LogP contribution is -2.17. The molecule has 0 aliphatic rings. The molecule has 1 rings (SSSR count). The number of hydroxylamine groups is 1. The molecule has 0 unspecified atom stereocenters. The van der Waals surface area contributed by atoms with E-state index in [1.807, 2.05) is 0 Å². The van der Waals surface area contributed by atoms with Crippen LogP contribution in [-0.4, -0.2) is 17.7 Å². The summed E-state index contributed by atoms with van der Waals surface area (Å²) in [5.41, 5.74) is 5.27. The Labute approximate surface area is 121 Å². The molecule has 0 saturated carbocycles. The molecule has 4 nitrogen and oxygen atoms in total. The molecular weight excluding hydrogens is 254 g/mol. The summed E-state index contributed by atoms with van der Waals surface area (Å²) in [6.45, 7) is 6.94. The van der Waals surface area contributed by atoms with Gasteiger partial charge in [-0.3, -0.25) is 10.0 Å². The molecule has 0 atom stereocenters. The van der Waals surface area contributed by atoms with E-state index in [9.17, 15) is 4.79 Å². The van der Waals surface area contributed by atoms with Crippen molar-refractivity contribution in [3.05, 3.63) is 28.8 Å². The highest BCUT2D eigenvalue weighted by molar-refractivity contribution is 5.74. The number of hydrogen-bond acceptors (Lipinski definition) is 3. The summed E-state index contributed by atoms with van der Waals surface area (Å²) in [5, 5.41) is 8.35. The summed E-state index contributed by atoms with van der Waals surface area (Å²) in [6, 6.07) is 4.27. The molecular formula is C16H25NO3. The summed E-state index contributed by atoms with van der Waals surface area (Å²) in [7, 11) is 0. The number of rotatable bonds is 8. The molecule has 112 valence electrons. The van der Waals surface area contributed by atoms with Gasteiger partial charge < -0.3 is 4.74 Å². The predicted octanol–water partition coefficient (Wildman–Crippen LogP) is 3.45. The van der Waals surface area contributed by atoms with Crippen LogP contribution in [0.2, 0.25) is 0 Å². The van der Waals surface area contributed by atoms with Gasteiger partial charge in [-0.1, -0.05) is 30.5 Å². The minimum absolute atomic E-state index is 0.313. The minimum atomic E-state index is -0.313. The fraction of sp³-hybridized carbons (Fsp3) is 0.562. The highest BCUT2D eigenvalue weighted by atomic mass is 16.5. The molecule has 0 spiro atoms. The molecule has 1 amide bonds. The fourth-order valence-corrected chi connectivity index (χ4v) is 2.37. The molecule has 0 saturated heterocycles. The van der Waals surface area contributed by atoms with E-state index in [2.05, 4.69) is 32.9 Å². The van der Waals surface area contributed by atoms with Gasteiger partial charge in [-0.15, -0.1) is 0 Å². The monoisotopic (exact) mass is 279 g/mol. The lowest BCUT2D eigenvalue weighted by atomic mass is 10.1. The molecule has 4 heteroatoms. The van der Waals surface area contributed by atoms with Crippen LogP contribution in [0.4, 0.5) is 0 Å². The Morgan fingerprint density at radius 2 is 1.70 bits per heavy atom. The van der Waals surface area contributed by atoms with Crippen molar-refractivity contribution < 1.29 is 14.7 Å². The molecule has 20 heavy (non-hydrogen) atoms. The van der Waals surface area contributed by atoms with Crippen LogP contribution >= 0.6 is 0 Å². The van der Waals surface area contributed by atoms with E-state index in [-0.39, 0.29) is 5.91 Å². The van der Waals surface area contributed by atoms with Crippen molar-refractivity contribution in [1.29, 1.82) is 0 Å². The van der Waals surface area contributed by atoms with E-state index in [0.717, 1.165) is 31.4 Å². The number of carbonyl (C=O) groups is 1. The maximum atomic E-state index is 10.8. The predicted molar refractivity (Wildman–Crippen MR) is 79.2 cm³/mol. The quantitative estimate of drug-likeness (QED) is 0.435. The highest BCUT2D eigenvalue weighted by Gasteiger charge is 2.04. The van der Waals surface area contributed by atoms with Gasteiger partial charge in [0.1, 0.15) is 5.75 Å². The van der Waals surface area contributed by atoms with Gasteiger partial charge >= 0.3 is 0 Å². The summed E-state index contributed by atoms with van der Waals surface area (Å²) in [5.74, 6) is 0.683. The highest BCUT2D eigenvalue weighted by Crippen LogP contribution is 2.24. The van der Waals surface area contributed by atoms with Crippen LogP contribution in [0.25, 0.3) is 0 Å². The number of benzene rings is 1. The van der Waals surface area contributed by atoms with Crippen LogP contribution < -0.4 is 10.2 Å². The number of hydrogen-bond donors (Lipinski definition) is 2. The largest absolute Gasteiger partial charge is 0.493 e. The normalized spacial score (nSPS) is 10.4. The van der Waals surface area contributed by atoms with E-state index in [1.165, 1.54) is 16.7 Å². The van der Waals surface area contributed by atoms with Gasteiger partial charge in [-0.25, -0.2) is 5.48 Å². The van der Waals surface area contributed by atoms with Gasteiger partial charge in [0, 0.05) is 6.42 Å². The van der Waals surface area contributed by atoms with Crippen LogP contribution in [0.1, 0.15) is 48.8 Å². The van der Waals surface area contributed by atoms with Crippen molar-refractivity contribution in [2.75, 3.05) is 6.61 Å². The second-order valence-electron chi connectivity index (χ2n) is 5.28. The molecule has 0 heterocycles. The van der Waals surface area contributed by atoms with Crippen molar-refractivity contribution in [2.24, 2.45) is 0 Å². The number of nitrogens with one attached hydrogen (secondary N) is 1. The summed E-state index contributed by atoms with van der Waals surface area (Å²) in [4.78, 5) is 10.8. The van der Waals surface area contributed by atoms with Gasteiger partial charge in [-0.2, -0.15) is 0 Å². The number of unbranched alkanes of at least 4 members (excludes halogenated alkanes) is 3. The average molecular weight is 279 g/mol. The summed E-state index contributed by atoms with van der Waals surface area (Å²) < 4.78 is 5.85.